The molecule has 0 bridgehead atoms. The van der Waals surface area contributed by atoms with Crippen LogP contribution < -0.4 is 10.6 Å². The van der Waals surface area contributed by atoms with E-state index in [2.05, 4.69) is 9.97 Å². The molecule has 6 nitrogen and oxygen atoms in total. The summed E-state index contributed by atoms with van der Waals surface area (Å²) in [5.41, 5.74) is 5.72. The number of nitrogens with zero attached hydrogens (tertiary/aromatic N) is 3. The number of rotatable bonds is 5. The molecule has 1 aromatic rings. The number of hydrogen-bond donors (Lipinski definition) is 1. The van der Waals surface area contributed by atoms with E-state index in [1.54, 1.807) is 18.0 Å². The van der Waals surface area contributed by atoms with Crippen LogP contribution in [0.25, 0.3) is 0 Å². The van der Waals surface area contributed by atoms with Crippen molar-refractivity contribution in [1.29, 1.82) is 0 Å². The summed E-state index contributed by atoms with van der Waals surface area (Å²) in [6, 6.07) is 1.65. The fourth-order valence-electron chi connectivity index (χ4n) is 1.34. The van der Waals surface area contributed by atoms with Crippen LogP contribution >= 0.6 is 0 Å². The molecule has 0 radical (unpaired) electrons. The monoisotopic (exact) mass is 272 g/mol. The molecule has 102 valence electrons. The predicted molar refractivity (Wildman–Crippen MR) is 73.5 cm³/mol. The third-order valence-electron chi connectivity index (χ3n) is 2.45. The number of sulfone groups is 1. The standard InChI is InChI=1S/C11H20N4O2S/c1-8(2)11-13-9(12)7-10(14-11)15(3)5-6-18(4,16)17/h7-8H,5-6H2,1-4H3,(H2,12,13,14). The van der Waals surface area contributed by atoms with E-state index in [-0.39, 0.29) is 11.7 Å². The predicted octanol–water partition coefficient (Wildman–Crippen LogP) is 0.663. The molecule has 18 heavy (non-hydrogen) atoms. The highest BCUT2D eigenvalue weighted by Crippen LogP contribution is 2.17. The molecule has 1 aromatic heterocycles. The van der Waals surface area contributed by atoms with Gasteiger partial charge in [-0.05, 0) is 0 Å². The van der Waals surface area contributed by atoms with Crippen molar-refractivity contribution in [3.63, 3.8) is 0 Å². The van der Waals surface area contributed by atoms with Crippen LogP contribution in [0.15, 0.2) is 6.07 Å². The summed E-state index contributed by atoms with van der Waals surface area (Å²) in [4.78, 5) is 10.3. The fourth-order valence-corrected chi connectivity index (χ4v) is 1.95. The van der Waals surface area contributed by atoms with Crippen molar-refractivity contribution in [3.05, 3.63) is 11.9 Å². The van der Waals surface area contributed by atoms with Crippen molar-refractivity contribution >= 4 is 21.5 Å². The molecular weight excluding hydrogens is 252 g/mol. The van der Waals surface area contributed by atoms with Crippen LogP contribution in [0, 0.1) is 0 Å². The van der Waals surface area contributed by atoms with Gasteiger partial charge < -0.3 is 10.6 Å². The number of aromatic nitrogens is 2. The van der Waals surface area contributed by atoms with E-state index in [0.29, 0.717) is 24.0 Å². The number of hydrogen-bond acceptors (Lipinski definition) is 6. The molecule has 7 heteroatoms. The molecule has 0 fully saturated rings. The Labute approximate surface area is 108 Å². The lowest BCUT2D eigenvalue weighted by molar-refractivity contribution is 0.601. The van der Waals surface area contributed by atoms with E-state index in [4.69, 9.17) is 5.73 Å². The molecule has 2 N–H and O–H groups in total. The van der Waals surface area contributed by atoms with Crippen molar-refractivity contribution in [2.75, 3.05) is 36.2 Å². The van der Waals surface area contributed by atoms with Gasteiger partial charge in [-0.3, -0.25) is 0 Å². The lowest BCUT2D eigenvalue weighted by Gasteiger charge is -2.19. The van der Waals surface area contributed by atoms with E-state index >= 15 is 0 Å². The molecule has 0 aliphatic rings. The number of nitrogens with two attached hydrogens (primary N) is 1. The molecule has 0 aliphatic heterocycles. The van der Waals surface area contributed by atoms with E-state index in [1.807, 2.05) is 13.8 Å². The van der Waals surface area contributed by atoms with Crippen LogP contribution in [-0.4, -0.2) is 44.0 Å². The van der Waals surface area contributed by atoms with Gasteiger partial charge in [-0.15, -0.1) is 0 Å². The lowest BCUT2D eigenvalue weighted by Crippen LogP contribution is -2.26. The van der Waals surface area contributed by atoms with Crippen LogP contribution in [0.1, 0.15) is 25.6 Å². The third-order valence-corrected chi connectivity index (χ3v) is 3.38. The van der Waals surface area contributed by atoms with Crippen LogP contribution in [-0.2, 0) is 9.84 Å². The Morgan fingerprint density at radius 3 is 2.50 bits per heavy atom. The minimum absolute atomic E-state index is 0.0877. The second-order valence-corrected chi connectivity index (χ2v) is 6.98. The smallest absolute Gasteiger partial charge is 0.149 e. The Balaban J connectivity index is 2.88. The molecule has 1 rings (SSSR count). The maximum absolute atomic E-state index is 11.1. The van der Waals surface area contributed by atoms with E-state index < -0.39 is 9.84 Å². The van der Waals surface area contributed by atoms with Gasteiger partial charge in [-0.2, -0.15) is 0 Å². The van der Waals surface area contributed by atoms with Gasteiger partial charge in [0.15, 0.2) is 0 Å². The molecule has 0 saturated heterocycles. The Hall–Kier alpha value is -1.37. The molecule has 0 aromatic carbocycles. The summed E-state index contributed by atoms with van der Waals surface area (Å²) in [5.74, 6) is 1.97. The Morgan fingerprint density at radius 2 is 2.00 bits per heavy atom. The van der Waals surface area contributed by atoms with Crippen LogP contribution in [0.2, 0.25) is 0 Å². The third kappa shape index (κ3) is 4.48. The Kier molecular flexibility index (Phi) is 4.50. The van der Waals surface area contributed by atoms with Crippen LogP contribution in [0.5, 0.6) is 0 Å². The zero-order chi connectivity index (χ0) is 13.9. The largest absolute Gasteiger partial charge is 0.384 e. The highest BCUT2D eigenvalue weighted by atomic mass is 32.2. The van der Waals surface area contributed by atoms with Gasteiger partial charge in [0.2, 0.25) is 0 Å². The maximum atomic E-state index is 11.1. The van der Waals surface area contributed by atoms with Gasteiger partial charge in [-0.25, -0.2) is 18.4 Å². The van der Waals surface area contributed by atoms with E-state index in [9.17, 15) is 8.42 Å². The fraction of sp³-hybridized carbons (Fsp3) is 0.636. The topological polar surface area (TPSA) is 89.2 Å². The summed E-state index contributed by atoms with van der Waals surface area (Å²) in [5, 5.41) is 0. The van der Waals surface area contributed by atoms with Gasteiger partial charge in [0.05, 0.1) is 5.75 Å². The molecule has 0 unspecified atom stereocenters. The molecular formula is C11H20N4O2S. The van der Waals surface area contributed by atoms with Gasteiger partial charge in [0, 0.05) is 31.8 Å². The first-order chi connectivity index (χ1) is 8.19. The quantitative estimate of drug-likeness (QED) is 0.847. The zero-order valence-electron chi connectivity index (χ0n) is 11.2. The van der Waals surface area contributed by atoms with Gasteiger partial charge in [-0.1, -0.05) is 13.8 Å². The highest BCUT2D eigenvalue weighted by molar-refractivity contribution is 7.90. The second kappa shape index (κ2) is 5.51. The lowest BCUT2D eigenvalue weighted by atomic mass is 10.2. The number of nitrogen functional groups attached to an aromatic ring is 1. The second-order valence-electron chi connectivity index (χ2n) is 4.72. The average molecular weight is 272 g/mol. The van der Waals surface area contributed by atoms with Gasteiger partial charge >= 0.3 is 0 Å². The molecule has 1 heterocycles. The maximum Gasteiger partial charge on any atom is 0.149 e. The number of anilines is 2. The molecule has 0 atom stereocenters. The Bertz CT molecular complexity index is 514. The first kappa shape index (κ1) is 14.7. The summed E-state index contributed by atoms with van der Waals surface area (Å²) in [6.07, 6.45) is 1.22. The molecule has 0 amide bonds. The van der Waals surface area contributed by atoms with Crippen molar-refractivity contribution in [2.45, 2.75) is 19.8 Å². The van der Waals surface area contributed by atoms with Crippen molar-refractivity contribution in [3.8, 4) is 0 Å². The van der Waals surface area contributed by atoms with Crippen molar-refractivity contribution in [2.24, 2.45) is 0 Å². The summed E-state index contributed by atoms with van der Waals surface area (Å²) in [6.45, 7) is 4.34. The van der Waals surface area contributed by atoms with Gasteiger partial charge in [0.1, 0.15) is 27.3 Å². The minimum Gasteiger partial charge on any atom is -0.384 e. The summed E-state index contributed by atoms with van der Waals surface area (Å²) in [7, 11) is -1.19. The Morgan fingerprint density at radius 1 is 1.39 bits per heavy atom. The minimum atomic E-state index is -2.98. The van der Waals surface area contributed by atoms with E-state index in [1.165, 1.54) is 6.26 Å². The van der Waals surface area contributed by atoms with Gasteiger partial charge in [0.25, 0.3) is 0 Å². The normalized spacial score (nSPS) is 11.8. The van der Waals surface area contributed by atoms with Crippen molar-refractivity contribution < 1.29 is 8.42 Å². The first-order valence-corrected chi connectivity index (χ1v) is 7.78. The zero-order valence-corrected chi connectivity index (χ0v) is 12.0. The molecule has 0 saturated carbocycles. The first-order valence-electron chi connectivity index (χ1n) is 5.72. The molecule has 0 spiro atoms. The summed E-state index contributed by atoms with van der Waals surface area (Å²) >= 11 is 0. The van der Waals surface area contributed by atoms with Crippen LogP contribution in [0.4, 0.5) is 11.6 Å². The SMILES string of the molecule is CC(C)c1nc(N)cc(N(C)CCS(C)(=O)=O)n1. The highest BCUT2D eigenvalue weighted by Gasteiger charge is 2.11. The van der Waals surface area contributed by atoms with Crippen molar-refractivity contribution in [1.82, 2.24) is 9.97 Å². The van der Waals surface area contributed by atoms with E-state index in [0.717, 1.165) is 0 Å². The summed E-state index contributed by atoms with van der Waals surface area (Å²) < 4.78 is 22.3. The average Bonchev–Trinajstić information content (AvgIpc) is 2.23. The van der Waals surface area contributed by atoms with Crippen LogP contribution in [0.3, 0.4) is 0 Å². The molecule has 0 aliphatic carbocycles.